The average molecular weight is 323 g/mol. The number of esters is 1. The lowest BCUT2D eigenvalue weighted by Crippen LogP contribution is -2.24. The second-order valence-corrected chi connectivity index (χ2v) is 6.54. The van der Waals surface area contributed by atoms with Crippen LogP contribution in [0.3, 0.4) is 0 Å². The fraction of sp³-hybridized carbons (Fsp3) is 0.211. The summed E-state index contributed by atoms with van der Waals surface area (Å²) in [6.45, 7) is 5.35. The molecule has 2 aromatic carbocycles. The number of carbonyl (C=O) groups excluding carboxylic acids is 1. The van der Waals surface area contributed by atoms with Crippen molar-refractivity contribution in [2.75, 3.05) is 0 Å². The van der Waals surface area contributed by atoms with E-state index in [4.69, 9.17) is 4.74 Å². The van der Waals surface area contributed by atoms with E-state index in [1.807, 2.05) is 18.2 Å². The number of carboxylic acid groups (broad SMARTS) is 1. The molecule has 0 unspecified atom stereocenters. The van der Waals surface area contributed by atoms with Crippen molar-refractivity contribution in [1.82, 2.24) is 4.98 Å². The number of hydrogen-bond donors (Lipinski definition) is 1. The Bertz CT molecular complexity index is 970. The van der Waals surface area contributed by atoms with Gasteiger partial charge in [0, 0.05) is 10.8 Å². The second kappa shape index (κ2) is 5.60. The van der Waals surface area contributed by atoms with Gasteiger partial charge in [-0.2, -0.15) is 0 Å². The van der Waals surface area contributed by atoms with E-state index in [0.717, 1.165) is 5.39 Å². The molecule has 24 heavy (non-hydrogen) atoms. The Morgan fingerprint density at radius 1 is 1.04 bits per heavy atom. The maximum absolute atomic E-state index is 12.5. The van der Waals surface area contributed by atoms with Crippen LogP contribution in [0, 0.1) is 0 Å². The Morgan fingerprint density at radius 2 is 1.71 bits per heavy atom. The predicted molar refractivity (Wildman–Crippen MR) is 91.4 cm³/mol. The molecular formula is C19H17NO4. The minimum atomic E-state index is -1.08. The smallest absolute Gasteiger partial charge is 0.339 e. The van der Waals surface area contributed by atoms with E-state index in [1.54, 1.807) is 32.9 Å². The third-order valence-electron chi connectivity index (χ3n) is 3.54. The molecule has 3 rings (SSSR count). The van der Waals surface area contributed by atoms with Gasteiger partial charge in [-0.05, 0) is 45.0 Å². The largest absolute Gasteiger partial charge is 0.478 e. The van der Waals surface area contributed by atoms with Crippen LogP contribution in [0.2, 0.25) is 0 Å². The van der Waals surface area contributed by atoms with Crippen LogP contribution in [-0.2, 0) is 4.74 Å². The summed E-state index contributed by atoms with van der Waals surface area (Å²) in [6, 6.07) is 12.0. The highest BCUT2D eigenvalue weighted by Gasteiger charge is 2.22. The zero-order valence-electron chi connectivity index (χ0n) is 13.7. The minimum absolute atomic E-state index is 0.0584. The number of rotatable bonds is 2. The number of pyridine rings is 1. The average Bonchev–Trinajstić information content (AvgIpc) is 2.49. The normalized spacial score (nSPS) is 11.6. The minimum Gasteiger partial charge on any atom is -0.478 e. The maximum atomic E-state index is 12.5. The number of fused-ring (bicyclic) bond motifs is 2. The number of ether oxygens (including phenoxy) is 1. The lowest BCUT2D eigenvalue weighted by molar-refractivity contribution is 0.00715. The molecular weight excluding hydrogens is 306 g/mol. The maximum Gasteiger partial charge on any atom is 0.339 e. The van der Waals surface area contributed by atoms with Crippen LogP contribution in [-0.4, -0.2) is 27.6 Å². The summed E-state index contributed by atoms with van der Waals surface area (Å²) in [5.74, 6) is -1.58. The van der Waals surface area contributed by atoms with E-state index >= 15 is 0 Å². The van der Waals surface area contributed by atoms with Crippen LogP contribution < -0.4 is 0 Å². The molecule has 5 nitrogen and oxygen atoms in total. The van der Waals surface area contributed by atoms with Crippen molar-refractivity contribution in [3.63, 3.8) is 0 Å². The monoisotopic (exact) mass is 323 g/mol. The van der Waals surface area contributed by atoms with E-state index in [-0.39, 0.29) is 11.1 Å². The summed E-state index contributed by atoms with van der Waals surface area (Å²) in [6.07, 6.45) is 0. The van der Waals surface area contributed by atoms with Gasteiger partial charge in [0.15, 0.2) is 0 Å². The van der Waals surface area contributed by atoms with E-state index in [0.29, 0.717) is 16.5 Å². The van der Waals surface area contributed by atoms with Crippen LogP contribution in [0.25, 0.3) is 21.8 Å². The summed E-state index contributed by atoms with van der Waals surface area (Å²) < 4.78 is 5.43. The Morgan fingerprint density at radius 3 is 2.38 bits per heavy atom. The highest BCUT2D eigenvalue weighted by molar-refractivity contribution is 6.12. The van der Waals surface area contributed by atoms with Crippen molar-refractivity contribution in [2.24, 2.45) is 0 Å². The van der Waals surface area contributed by atoms with E-state index in [1.165, 1.54) is 12.1 Å². The molecule has 0 saturated heterocycles. The fourth-order valence-electron chi connectivity index (χ4n) is 2.55. The fourth-order valence-corrected chi connectivity index (χ4v) is 2.55. The number of aromatic carboxylic acids is 1. The number of para-hydroxylation sites is 1. The van der Waals surface area contributed by atoms with Crippen molar-refractivity contribution < 1.29 is 19.4 Å². The molecule has 0 bridgehead atoms. The molecule has 1 aromatic heterocycles. The van der Waals surface area contributed by atoms with Crippen molar-refractivity contribution in [3.8, 4) is 0 Å². The summed E-state index contributed by atoms with van der Waals surface area (Å²) in [5, 5.41) is 10.7. The van der Waals surface area contributed by atoms with Gasteiger partial charge in [0.05, 0.1) is 22.2 Å². The first-order valence-electron chi connectivity index (χ1n) is 7.55. The molecule has 1 heterocycles. The van der Waals surface area contributed by atoms with Crippen molar-refractivity contribution in [3.05, 3.63) is 53.6 Å². The van der Waals surface area contributed by atoms with Crippen molar-refractivity contribution in [2.45, 2.75) is 26.4 Å². The summed E-state index contributed by atoms with van der Waals surface area (Å²) in [4.78, 5) is 28.4. The predicted octanol–water partition coefficient (Wildman–Crippen LogP) is 4.04. The Hall–Kier alpha value is -2.95. The summed E-state index contributed by atoms with van der Waals surface area (Å²) in [7, 11) is 0. The van der Waals surface area contributed by atoms with Gasteiger partial charge in [-0.1, -0.05) is 18.2 Å². The SMILES string of the molecule is CC(C)(C)OC(=O)c1ccc(C(=O)O)c2nc3ccccc3cc12. The topological polar surface area (TPSA) is 76.5 Å². The molecule has 0 radical (unpaired) electrons. The van der Waals surface area contributed by atoms with Gasteiger partial charge in [0.2, 0.25) is 0 Å². The molecule has 5 heteroatoms. The quantitative estimate of drug-likeness (QED) is 0.569. The van der Waals surface area contributed by atoms with Crippen molar-refractivity contribution in [1.29, 1.82) is 0 Å². The second-order valence-electron chi connectivity index (χ2n) is 6.54. The number of carbonyl (C=O) groups is 2. The highest BCUT2D eigenvalue weighted by Crippen LogP contribution is 2.27. The van der Waals surface area contributed by atoms with E-state index < -0.39 is 17.5 Å². The summed E-state index contributed by atoms with van der Waals surface area (Å²) >= 11 is 0. The number of nitrogens with zero attached hydrogens (tertiary/aromatic N) is 1. The van der Waals surface area contributed by atoms with Crippen LogP contribution in [0.1, 0.15) is 41.5 Å². The van der Waals surface area contributed by atoms with Crippen LogP contribution in [0.15, 0.2) is 42.5 Å². The number of hydrogen-bond acceptors (Lipinski definition) is 4. The van der Waals surface area contributed by atoms with Gasteiger partial charge in [-0.3, -0.25) is 0 Å². The molecule has 0 aliphatic rings. The van der Waals surface area contributed by atoms with Gasteiger partial charge >= 0.3 is 11.9 Å². The first-order chi connectivity index (χ1) is 11.3. The standard InChI is InChI=1S/C19H17NO4/c1-19(2,3)24-18(23)12-8-9-13(17(21)22)16-14(12)10-11-6-4-5-7-15(11)20-16/h4-10H,1-3H3,(H,21,22). The Balaban J connectivity index is 2.31. The zero-order valence-corrected chi connectivity index (χ0v) is 13.7. The van der Waals surface area contributed by atoms with E-state index in [2.05, 4.69) is 4.98 Å². The van der Waals surface area contributed by atoms with Crippen LogP contribution >= 0.6 is 0 Å². The molecule has 0 aliphatic heterocycles. The lowest BCUT2D eigenvalue weighted by Gasteiger charge is -2.20. The van der Waals surface area contributed by atoms with Gasteiger partial charge in [0.1, 0.15) is 5.60 Å². The number of aromatic nitrogens is 1. The number of benzene rings is 2. The first-order valence-corrected chi connectivity index (χ1v) is 7.55. The molecule has 1 N–H and O–H groups in total. The molecule has 0 spiro atoms. The molecule has 0 aliphatic carbocycles. The van der Waals surface area contributed by atoms with E-state index in [9.17, 15) is 14.7 Å². The molecule has 0 atom stereocenters. The lowest BCUT2D eigenvalue weighted by atomic mass is 10.0. The van der Waals surface area contributed by atoms with Gasteiger partial charge in [-0.25, -0.2) is 14.6 Å². The van der Waals surface area contributed by atoms with Crippen LogP contribution in [0.4, 0.5) is 0 Å². The number of carboxylic acids is 1. The Kier molecular flexibility index (Phi) is 3.72. The Labute approximate surface area is 138 Å². The molecule has 122 valence electrons. The molecule has 0 saturated carbocycles. The highest BCUT2D eigenvalue weighted by atomic mass is 16.6. The third-order valence-corrected chi connectivity index (χ3v) is 3.54. The van der Waals surface area contributed by atoms with Gasteiger partial charge < -0.3 is 9.84 Å². The zero-order chi connectivity index (χ0) is 17.5. The first kappa shape index (κ1) is 15.9. The summed E-state index contributed by atoms with van der Waals surface area (Å²) in [5.41, 5.74) is 0.684. The molecule has 0 fully saturated rings. The van der Waals surface area contributed by atoms with Crippen LogP contribution in [0.5, 0.6) is 0 Å². The van der Waals surface area contributed by atoms with Gasteiger partial charge in [-0.15, -0.1) is 0 Å². The third kappa shape index (κ3) is 2.93. The van der Waals surface area contributed by atoms with Crippen molar-refractivity contribution >= 4 is 33.7 Å². The molecule has 3 aromatic rings. The molecule has 0 amide bonds. The van der Waals surface area contributed by atoms with Gasteiger partial charge in [0.25, 0.3) is 0 Å².